The van der Waals surface area contributed by atoms with Crippen LogP contribution in [0.3, 0.4) is 0 Å². The van der Waals surface area contributed by atoms with E-state index in [4.69, 9.17) is 9.84 Å². The molecule has 122 valence electrons. The predicted octanol–water partition coefficient (Wildman–Crippen LogP) is 3.36. The van der Waals surface area contributed by atoms with E-state index in [1.807, 2.05) is 0 Å². The van der Waals surface area contributed by atoms with Crippen LogP contribution in [0.15, 0.2) is 24.3 Å². The van der Waals surface area contributed by atoms with Gasteiger partial charge in [0.1, 0.15) is 6.10 Å². The van der Waals surface area contributed by atoms with Gasteiger partial charge in [0, 0.05) is 26.0 Å². The molecule has 1 fully saturated rings. The van der Waals surface area contributed by atoms with Gasteiger partial charge in [-0.2, -0.15) is 13.2 Å². The third kappa shape index (κ3) is 3.71. The fourth-order valence-electron chi connectivity index (χ4n) is 2.47. The van der Waals surface area contributed by atoms with E-state index in [-0.39, 0.29) is 18.8 Å². The highest BCUT2D eigenvalue weighted by atomic mass is 19.4. The number of nitrogens with zero attached hydrogens (tertiary/aromatic N) is 1. The molecule has 1 aromatic carbocycles. The summed E-state index contributed by atoms with van der Waals surface area (Å²) in [6.45, 7) is 2.15. The first-order valence-corrected chi connectivity index (χ1v) is 7.08. The number of aliphatic hydroxyl groups excluding tert-OH is 1. The van der Waals surface area contributed by atoms with E-state index in [1.54, 1.807) is 6.92 Å². The van der Waals surface area contributed by atoms with Crippen molar-refractivity contribution >= 4 is 6.09 Å². The molecule has 22 heavy (non-hydrogen) atoms. The van der Waals surface area contributed by atoms with Crippen molar-refractivity contribution in [2.75, 3.05) is 13.2 Å². The monoisotopic (exact) mass is 317 g/mol. The van der Waals surface area contributed by atoms with Crippen LogP contribution in [-0.2, 0) is 10.9 Å². The van der Waals surface area contributed by atoms with Crippen molar-refractivity contribution in [2.45, 2.75) is 38.1 Å². The summed E-state index contributed by atoms with van der Waals surface area (Å²) in [6.07, 6.45) is -4.18. The Morgan fingerprint density at radius 3 is 2.50 bits per heavy atom. The standard InChI is InChI=1S/C15H18F3NO3/c1-10(11-2-4-12(5-3-11)15(16,17)18)19-8-6-13(7-9-20)22-14(19)21/h2-5,10,13,20H,6-9H2,1H3. The van der Waals surface area contributed by atoms with Gasteiger partial charge >= 0.3 is 12.3 Å². The molecule has 4 nitrogen and oxygen atoms in total. The van der Waals surface area contributed by atoms with Crippen LogP contribution >= 0.6 is 0 Å². The number of carbonyl (C=O) groups excluding carboxylic acids is 1. The molecule has 1 saturated heterocycles. The summed E-state index contributed by atoms with van der Waals surface area (Å²) in [4.78, 5) is 13.4. The molecule has 2 atom stereocenters. The normalized spacial score (nSPS) is 20.7. The second-order valence-corrected chi connectivity index (χ2v) is 5.30. The number of cyclic esters (lactones) is 1. The van der Waals surface area contributed by atoms with Crippen LogP contribution in [0.4, 0.5) is 18.0 Å². The van der Waals surface area contributed by atoms with Crippen molar-refractivity contribution in [3.63, 3.8) is 0 Å². The third-order valence-corrected chi connectivity index (χ3v) is 3.83. The fraction of sp³-hybridized carbons (Fsp3) is 0.533. The lowest BCUT2D eigenvalue weighted by Gasteiger charge is -2.35. The maximum absolute atomic E-state index is 12.5. The molecule has 0 radical (unpaired) electrons. The van der Waals surface area contributed by atoms with E-state index < -0.39 is 17.8 Å². The molecule has 2 unspecified atom stereocenters. The van der Waals surface area contributed by atoms with Crippen LogP contribution in [0, 0.1) is 0 Å². The molecule has 1 aliphatic rings. The van der Waals surface area contributed by atoms with Gasteiger partial charge in [0.05, 0.1) is 11.6 Å². The average Bonchev–Trinajstić information content (AvgIpc) is 2.46. The maximum Gasteiger partial charge on any atom is 0.416 e. The van der Waals surface area contributed by atoms with Crippen LogP contribution in [0.25, 0.3) is 0 Å². The van der Waals surface area contributed by atoms with Crippen LogP contribution in [0.1, 0.15) is 36.9 Å². The van der Waals surface area contributed by atoms with Crippen LogP contribution in [0.5, 0.6) is 0 Å². The van der Waals surface area contributed by atoms with Crippen molar-refractivity contribution in [2.24, 2.45) is 0 Å². The van der Waals surface area contributed by atoms with Crippen molar-refractivity contribution in [1.82, 2.24) is 4.90 Å². The smallest absolute Gasteiger partial charge is 0.416 e. The van der Waals surface area contributed by atoms with Crippen molar-refractivity contribution in [1.29, 1.82) is 0 Å². The minimum Gasteiger partial charge on any atom is -0.446 e. The van der Waals surface area contributed by atoms with Gasteiger partial charge in [-0.05, 0) is 24.6 Å². The van der Waals surface area contributed by atoms with E-state index in [1.165, 1.54) is 17.0 Å². The van der Waals surface area contributed by atoms with E-state index in [0.29, 0.717) is 24.9 Å². The Morgan fingerprint density at radius 2 is 2.00 bits per heavy atom. The van der Waals surface area contributed by atoms with Gasteiger partial charge in [-0.25, -0.2) is 4.79 Å². The molecular weight excluding hydrogens is 299 g/mol. The van der Waals surface area contributed by atoms with Crippen molar-refractivity contribution in [3.8, 4) is 0 Å². The molecule has 0 aromatic heterocycles. The fourth-order valence-corrected chi connectivity index (χ4v) is 2.47. The van der Waals surface area contributed by atoms with Gasteiger partial charge in [-0.3, -0.25) is 0 Å². The summed E-state index contributed by atoms with van der Waals surface area (Å²) >= 11 is 0. The first-order chi connectivity index (χ1) is 10.3. The van der Waals surface area contributed by atoms with Gasteiger partial charge in [-0.1, -0.05) is 12.1 Å². The minimum absolute atomic E-state index is 0.0492. The Hall–Kier alpha value is -1.76. The zero-order valence-corrected chi connectivity index (χ0v) is 12.1. The van der Waals surface area contributed by atoms with Gasteiger partial charge in [0.15, 0.2) is 0 Å². The lowest BCUT2D eigenvalue weighted by atomic mass is 10.0. The number of amides is 1. The first-order valence-electron chi connectivity index (χ1n) is 7.08. The van der Waals surface area contributed by atoms with Crippen molar-refractivity contribution < 1.29 is 27.8 Å². The Labute approximate surface area is 126 Å². The number of hydrogen-bond donors (Lipinski definition) is 1. The highest BCUT2D eigenvalue weighted by molar-refractivity contribution is 5.69. The lowest BCUT2D eigenvalue weighted by Crippen LogP contribution is -2.43. The summed E-state index contributed by atoms with van der Waals surface area (Å²) in [6, 6.07) is 4.40. The molecule has 0 aliphatic carbocycles. The number of hydrogen-bond acceptors (Lipinski definition) is 3. The van der Waals surface area contributed by atoms with E-state index in [9.17, 15) is 18.0 Å². The average molecular weight is 317 g/mol. The summed E-state index contributed by atoms with van der Waals surface area (Å²) in [7, 11) is 0. The van der Waals surface area contributed by atoms with Crippen LogP contribution in [-0.4, -0.2) is 35.4 Å². The molecule has 0 saturated carbocycles. The predicted molar refractivity (Wildman–Crippen MR) is 73.2 cm³/mol. The number of aliphatic hydroxyl groups is 1. The molecule has 1 amide bonds. The Kier molecular flexibility index (Phi) is 4.95. The lowest BCUT2D eigenvalue weighted by molar-refractivity contribution is -0.137. The van der Waals surface area contributed by atoms with Crippen molar-refractivity contribution in [3.05, 3.63) is 35.4 Å². The molecule has 0 spiro atoms. The number of carbonyl (C=O) groups is 1. The third-order valence-electron chi connectivity index (χ3n) is 3.83. The molecule has 1 aromatic rings. The summed E-state index contributed by atoms with van der Waals surface area (Å²) in [5.74, 6) is 0. The maximum atomic E-state index is 12.5. The summed E-state index contributed by atoms with van der Waals surface area (Å²) in [5, 5.41) is 8.85. The number of rotatable bonds is 4. The van der Waals surface area contributed by atoms with E-state index in [0.717, 1.165) is 12.1 Å². The SMILES string of the molecule is CC(c1ccc(C(F)(F)F)cc1)N1CCC(CCO)OC1=O. The second-order valence-electron chi connectivity index (χ2n) is 5.30. The topological polar surface area (TPSA) is 49.8 Å². The number of benzene rings is 1. The summed E-state index contributed by atoms with van der Waals surface area (Å²) in [5.41, 5.74) is -0.0989. The largest absolute Gasteiger partial charge is 0.446 e. The Morgan fingerprint density at radius 1 is 1.36 bits per heavy atom. The highest BCUT2D eigenvalue weighted by Gasteiger charge is 2.32. The van der Waals surface area contributed by atoms with E-state index >= 15 is 0 Å². The molecule has 1 N–H and O–H groups in total. The van der Waals surface area contributed by atoms with Gasteiger partial charge in [0.25, 0.3) is 0 Å². The minimum atomic E-state index is -4.37. The summed E-state index contributed by atoms with van der Waals surface area (Å²) < 4.78 is 42.9. The molecular formula is C15H18F3NO3. The van der Waals surface area contributed by atoms with Gasteiger partial charge < -0.3 is 14.7 Å². The highest BCUT2D eigenvalue weighted by Crippen LogP contribution is 2.31. The first kappa shape index (κ1) is 16.6. The zero-order valence-electron chi connectivity index (χ0n) is 12.1. The zero-order chi connectivity index (χ0) is 16.3. The Bertz CT molecular complexity index is 516. The van der Waals surface area contributed by atoms with Crippen LogP contribution in [0.2, 0.25) is 0 Å². The van der Waals surface area contributed by atoms with Gasteiger partial charge in [0.2, 0.25) is 0 Å². The van der Waals surface area contributed by atoms with E-state index in [2.05, 4.69) is 0 Å². The second kappa shape index (κ2) is 6.56. The number of alkyl halides is 3. The van der Waals surface area contributed by atoms with Gasteiger partial charge in [-0.15, -0.1) is 0 Å². The number of halogens is 3. The Balaban J connectivity index is 2.05. The molecule has 2 rings (SSSR count). The molecule has 7 heteroatoms. The van der Waals surface area contributed by atoms with Crippen LogP contribution < -0.4 is 0 Å². The quantitative estimate of drug-likeness (QED) is 0.926. The molecule has 0 bridgehead atoms. The molecule has 1 aliphatic heterocycles. The number of ether oxygens (including phenoxy) is 1. The molecule has 1 heterocycles.